The van der Waals surface area contributed by atoms with Gasteiger partial charge in [-0.15, -0.1) is 0 Å². The normalized spacial score (nSPS) is 14.5. The molecule has 0 radical (unpaired) electrons. The van der Waals surface area contributed by atoms with E-state index in [9.17, 15) is 9.59 Å². The Morgan fingerprint density at radius 2 is 1.85 bits per heavy atom. The quantitative estimate of drug-likeness (QED) is 0.669. The molecule has 0 aliphatic heterocycles. The van der Waals surface area contributed by atoms with Gasteiger partial charge in [0.25, 0.3) is 5.91 Å². The van der Waals surface area contributed by atoms with Gasteiger partial charge in [-0.3, -0.25) is 4.79 Å². The van der Waals surface area contributed by atoms with Crippen molar-refractivity contribution in [2.75, 3.05) is 19.5 Å². The minimum atomic E-state index is -0.953. The largest absolute Gasteiger partial charge is 0.490 e. The zero-order chi connectivity index (χ0) is 19.9. The fraction of sp³-hybridized carbons (Fsp3) is 0.600. The summed E-state index contributed by atoms with van der Waals surface area (Å²) in [4.78, 5) is 24.8. The molecule has 0 fully saturated rings. The number of rotatable bonds is 9. The summed E-state index contributed by atoms with van der Waals surface area (Å²) in [6.45, 7) is 9.73. The van der Waals surface area contributed by atoms with Crippen molar-refractivity contribution in [1.82, 2.24) is 0 Å². The first kappa shape index (κ1) is 22.0. The van der Waals surface area contributed by atoms with Crippen LogP contribution in [-0.2, 0) is 14.3 Å². The molecule has 0 aliphatic carbocycles. The fourth-order valence-corrected chi connectivity index (χ4v) is 2.59. The van der Waals surface area contributed by atoms with E-state index in [1.807, 2.05) is 27.7 Å². The molecular formula is C20H31NO5. The third-order valence-electron chi connectivity index (χ3n) is 4.27. The Bertz CT molecular complexity index is 629. The van der Waals surface area contributed by atoms with E-state index in [2.05, 4.69) is 5.32 Å². The van der Waals surface area contributed by atoms with Crippen LogP contribution in [0, 0.1) is 5.92 Å². The van der Waals surface area contributed by atoms with E-state index in [1.54, 1.807) is 25.1 Å². The zero-order valence-electron chi connectivity index (χ0n) is 16.8. The lowest BCUT2D eigenvalue weighted by atomic mass is 9.93. The molecule has 0 unspecified atom stereocenters. The van der Waals surface area contributed by atoms with Crippen molar-refractivity contribution >= 4 is 17.6 Å². The van der Waals surface area contributed by atoms with Crippen LogP contribution in [0.5, 0.6) is 5.75 Å². The Hall–Kier alpha value is -2.08. The molecule has 1 aromatic carbocycles. The van der Waals surface area contributed by atoms with Gasteiger partial charge in [0.15, 0.2) is 0 Å². The highest BCUT2D eigenvalue weighted by molar-refractivity contribution is 5.99. The van der Waals surface area contributed by atoms with E-state index in [0.717, 1.165) is 6.42 Å². The van der Waals surface area contributed by atoms with Crippen LogP contribution in [0.3, 0.4) is 0 Å². The van der Waals surface area contributed by atoms with Crippen LogP contribution in [-0.4, -0.2) is 37.8 Å². The van der Waals surface area contributed by atoms with E-state index < -0.39 is 11.6 Å². The molecule has 1 rings (SSSR count). The number of amides is 1. The lowest BCUT2D eigenvalue weighted by Gasteiger charge is -2.28. The van der Waals surface area contributed by atoms with Crippen molar-refractivity contribution in [2.45, 2.75) is 59.2 Å². The second kappa shape index (κ2) is 9.57. The van der Waals surface area contributed by atoms with Gasteiger partial charge in [-0.1, -0.05) is 20.8 Å². The average Bonchev–Trinajstić information content (AvgIpc) is 2.61. The SMILES string of the molecule is CC[C@H](C)Oc1ccc(NC(=O)[C@](C)(CC(C)C)OC)cc1C(=O)OC. The van der Waals surface area contributed by atoms with Crippen LogP contribution in [0.2, 0.25) is 0 Å². The molecule has 1 amide bonds. The van der Waals surface area contributed by atoms with E-state index in [4.69, 9.17) is 14.2 Å². The molecule has 0 saturated carbocycles. The van der Waals surface area contributed by atoms with Crippen molar-refractivity contribution in [1.29, 1.82) is 0 Å². The molecule has 1 aromatic rings. The van der Waals surface area contributed by atoms with E-state index >= 15 is 0 Å². The maximum Gasteiger partial charge on any atom is 0.341 e. The number of hydrogen-bond acceptors (Lipinski definition) is 5. The first-order chi connectivity index (χ1) is 12.2. The van der Waals surface area contributed by atoms with E-state index in [-0.39, 0.29) is 17.6 Å². The minimum absolute atomic E-state index is 0.0401. The molecule has 0 bridgehead atoms. The monoisotopic (exact) mass is 365 g/mol. The van der Waals surface area contributed by atoms with Gasteiger partial charge in [0.1, 0.15) is 16.9 Å². The summed E-state index contributed by atoms with van der Waals surface area (Å²) >= 11 is 0. The number of carbonyl (C=O) groups excluding carboxylic acids is 2. The summed E-state index contributed by atoms with van der Waals surface area (Å²) in [6.07, 6.45) is 1.34. The Morgan fingerprint density at radius 1 is 1.19 bits per heavy atom. The van der Waals surface area contributed by atoms with E-state index in [1.165, 1.54) is 14.2 Å². The summed E-state index contributed by atoms with van der Waals surface area (Å²) < 4.78 is 16.1. The highest BCUT2D eigenvalue weighted by Crippen LogP contribution is 2.27. The summed E-state index contributed by atoms with van der Waals surface area (Å²) in [5.41, 5.74) is -0.196. The molecule has 6 heteroatoms. The third-order valence-corrected chi connectivity index (χ3v) is 4.27. The highest BCUT2D eigenvalue weighted by atomic mass is 16.5. The lowest BCUT2D eigenvalue weighted by molar-refractivity contribution is -0.137. The lowest BCUT2D eigenvalue weighted by Crippen LogP contribution is -2.43. The third kappa shape index (κ3) is 5.73. The standard InChI is InChI=1S/C20H31NO5/c1-8-14(4)26-17-10-9-15(11-16(17)18(22)24-6)21-19(23)20(5,25-7)12-13(2)3/h9-11,13-14H,8,12H2,1-7H3,(H,21,23)/t14-,20-/m0/s1. The first-order valence-corrected chi connectivity index (χ1v) is 8.92. The summed E-state index contributed by atoms with van der Waals surface area (Å²) in [5, 5.41) is 2.83. The molecule has 0 aromatic heterocycles. The molecule has 0 spiro atoms. The molecule has 0 saturated heterocycles. The molecule has 0 heterocycles. The number of nitrogens with one attached hydrogen (secondary N) is 1. The van der Waals surface area contributed by atoms with Crippen LogP contribution in [0.4, 0.5) is 5.69 Å². The van der Waals surface area contributed by atoms with Gasteiger partial charge < -0.3 is 19.5 Å². The topological polar surface area (TPSA) is 73.9 Å². The second-order valence-corrected chi connectivity index (χ2v) is 7.03. The van der Waals surface area contributed by atoms with Gasteiger partial charge in [0.05, 0.1) is 13.2 Å². The Labute approximate surface area is 156 Å². The number of hydrogen-bond donors (Lipinski definition) is 1. The number of anilines is 1. The zero-order valence-corrected chi connectivity index (χ0v) is 16.8. The van der Waals surface area contributed by atoms with Gasteiger partial charge in [-0.2, -0.15) is 0 Å². The first-order valence-electron chi connectivity index (χ1n) is 8.92. The molecule has 0 aliphatic rings. The fourth-order valence-electron chi connectivity index (χ4n) is 2.59. The summed E-state index contributed by atoms with van der Waals surface area (Å²) in [6, 6.07) is 4.93. The number of carbonyl (C=O) groups is 2. The van der Waals surface area contributed by atoms with Gasteiger partial charge in [-0.05, 0) is 50.8 Å². The molecule has 1 N–H and O–H groups in total. The predicted octanol–water partition coefficient (Wildman–Crippen LogP) is 4.04. The van der Waals surface area contributed by atoms with Crippen molar-refractivity contribution in [3.63, 3.8) is 0 Å². The number of esters is 1. The Morgan fingerprint density at radius 3 is 2.35 bits per heavy atom. The number of methoxy groups -OCH3 is 2. The van der Waals surface area contributed by atoms with Crippen LogP contribution >= 0.6 is 0 Å². The Balaban J connectivity index is 3.10. The van der Waals surface area contributed by atoms with Crippen LogP contribution in [0.1, 0.15) is 57.8 Å². The van der Waals surface area contributed by atoms with Gasteiger partial charge >= 0.3 is 5.97 Å². The maximum atomic E-state index is 12.7. The second-order valence-electron chi connectivity index (χ2n) is 7.03. The van der Waals surface area contributed by atoms with Crippen LogP contribution < -0.4 is 10.1 Å². The van der Waals surface area contributed by atoms with Gasteiger partial charge in [-0.25, -0.2) is 4.79 Å². The smallest absolute Gasteiger partial charge is 0.341 e. The Kier molecular flexibility index (Phi) is 8.08. The number of ether oxygens (including phenoxy) is 3. The maximum absolute atomic E-state index is 12.7. The van der Waals surface area contributed by atoms with Crippen LogP contribution in [0.15, 0.2) is 18.2 Å². The number of benzene rings is 1. The summed E-state index contributed by atoms with van der Waals surface area (Å²) in [5.74, 6) is -0.0558. The molecule has 2 atom stereocenters. The average molecular weight is 365 g/mol. The molecular weight excluding hydrogens is 334 g/mol. The molecule has 26 heavy (non-hydrogen) atoms. The molecule has 146 valence electrons. The minimum Gasteiger partial charge on any atom is -0.490 e. The predicted molar refractivity (Wildman–Crippen MR) is 102 cm³/mol. The van der Waals surface area contributed by atoms with E-state index in [0.29, 0.717) is 23.8 Å². The highest BCUT2D eigenvalue weighted by Gasteiger charge is 2.34. The summed E-state index contributed by atoms with van der Waals surface area (Å²) in [7, 11) is 2.83. The van der Waals surface area contributed by atoms with Crippen molar-refractivity contribution in [3.8, 4) is 5.75 Å². The molecule has 6 nitrogen and oxygen atoms in total. The van der Waals surface area contributed by atoms with Crippen molar-refractivity contribution in [3.05, 3.63) is 23.8 Å². The van der Waals surface area contributed by atoms with Crippen LogP contribution in [0.25, 0.3) is 0 Å². The van der Waals surface area contributed by atoms with Crippen molar-refractivity contribution < 1.29 is 23.8 Å². The van der Waals surface area contributed by atoms with Gasteiger partial charge in [0.2, 0.25) is 0 Å². The van der Waals surface area contributed by atoms with Gasteiger partial charge in [0, 0.05) is 12.8 Å². The van der Waals surface area contributed by atoms with Crippen molar-refractivity contribution in [2.24, 2.45) is 5.92 Å².